The Bertz CT molecular complexity index is 2740. The number of hydrogen-bond acceptors (Lipinski definition) is 1. The molecule has 2 aliphatic rings. The van der Waals surface area contributed by atoms with Gasteiger partial charge in [-0.15, -0.1) is 0 Å². The monoisotopic (exact) mass is 935 g/mol. The van der Waals surface area contributed by atoms with Gasteiger partial charge in [0.15, 0.2) is 0 Å². The van der Waals surface area contributed by atoms with Crippen molar-refractivity contribution in [1.29, 1.82) is 0 Å². The molecule has 1 saturated heterocycles. The first-order valence-corrected chi connectivity index (χ1v) is 23.0. The Morgan fingerprint density at radius 1 is 0.737 bits per heavy atom. The van der Waals surface area contributed by atoms with E-state index in [-0.39, 0.29) is 0 Å². The summed E-state index contributed by atoms with van der Waals surface area (Å²) in [5, 5.41) is 7.76. The summed E-state index contributed by atoms with van der Waals surface area (Å²) in [7, 11) is -0.238. The fourth-order valence-corrected chi connectivity index (χ4v) is 15.1. The Kier molecular flexibility index (Phi) is 10.3. The summed E-state index contributed by atoms with van der Waals surface area (Å²) < 4.78 is 12.5. The van der Waals surface area contributed by atoms with Crippen LogP contribution in [0.3, 0.4) is 0 Å². The molecule has 1 unspecified atom stereocenters. The van der Waals surface area contributed by atoms with Crippen LogP contribution in [-0.4, -0.2) is 17.8 Å². The first kappa shape index (κ1) is 37.5. The first-order chi connectivity index (χ1) is 28.0. The molecule has 0 radical (unpaired) electrons. The molecule has 0 N–H and O–H groups in total. The predicted molar refractivity (Wildman–Crippen MR) is 241 cm³/mol. The van der Waals surface area contributed by atoms with Gasteiger partial charge in [0.25, 0.3) is 0 Å². The van der Waals surface area contributed by atoms with Gasteiger partial charge in [-0.1, -0.05) is 24.3 Å². The molecular formula is C53H46NOOsP+. The van der Waals surface area contributed by atoms with Crippen LogP contribution in [0.15, 0.2) is 174 Å². The van der Waals surface area contributed by atoms with Crippen LogP contribution >= 0.6 is 7.26 Å². The summed E-state index contributed by atoms with van der Waals surface area (Å²) in [5.74, 6) is 0.337. The molecule has 9 rings (SSSR count). The first-order valence-electron chi connectivity index (χ1n) is 19.9. The van der Waals surface area contributed by atoms with Crippen LogP contribution in [0.5, 0.6) is 0 Å². The predicted octanol–water partition coefficient (Wildman–Crippen LogP) is 12.0. The minimum atomic E-state index is -2.47. The third kappa shape index (κ3) is 6.30. The van der Waals surface area contributed by atoms with E-state index in [0.29, 0.717) is 19.1 Å². The van der Waals surface area contributed by atoms with E-state index in [1.165, 1.54) is 93.1 Å². The number of hydrogen-bond donors (Lipinski definition) is 0. The average molecular weight is 934 g/mol. The van der Waals surface area contributed by atoms with Gasteiger partial charge < -0.3 is 0 Å². The summed E-state index contributed by atoms with van der Waals surface area (Å²) in [6.07, 6.45) is 10.1. The molecule has 0 spiro atoms. The van der Waals surface area contributed by atoms with Crippen LogP contribution in [0.2, 0.25) is 0 Å². The summed E-state index contributed by atoms with van der Waals surface area (Å²) in [5.41, 5.74) is 14.2. The topological polar surface area (TPSA) is 14.2 Å². The molecule has 1 aliphatic heterocycles. The molecule has 4 heteroatoms. The molecule has 0 bridgehead atoms. The molecule has 0 saturated carbocycles. The zero-order chi connectivity index (χ0) is 39.1. The Morgan fingerprint density at radius 3 is 1.96 bits per heavy atom. The Balaban J connectivity index is 1.34. The van der Waals surface area contributed by atoms with Crippen molar-refractivity contribution in [1.82, 2.24) is 4.57 Å². The number of aromatic nitrogens is 1. The summed E-state index contributed by atoms with van der Waals surface area (Å²) in [6, 6.07) is 52.5. The zero-order valence-electron chi connectivity index (χ0n) is 32.9. The molecule has 1 atom stereocenters. The number of fused-ring (bicyclic) bond motifs is 6. The van der Waals surface area contributed by atoms with Gasteiger partial charge in [0, 0.05) is 0 Å². The second kappa shape index (κ2) is 15.7. The van der Waals surface area contributed by atoms with Crippen molar-refractivity contribution in [2.45, 2.75) is 33.1 Å². The number of aryl methyl sites for hydroxylation is 1. The molecule has 1 aromatic heterocycles. The van der Waals surface area contributed by atoms with Crippen LogP contribution < -0.4 is 15.9 Å². The summed E-state index contributed by atoms with van der Waals surface area (Å²) in [4.78, 5) is 0. The second-order valence-electron chi connectivity index (χ2n) is 15.1. The number of ether oxygens (including phenoxy) is 1. The van der Waals surface area contributed by atoms with Gasteiger partial charge in [0.2, 0.25) is 0 Å². The Hall–Kier alpha value is -5.11. The van der Waals surface area contributed by atoms with Crippen LogP contribution in [0.25, 0.3) is 44.6 Å². The van der Waals surface area contributed by atoms with Crippen LogP contribution in [0.1, 0.15) is 55.4 Å². The fourth-order valence-electron chi connectivity index (χ4n) is 9.24. The minimum absolute atomic E-state index is 0.337. The van der Waals surface area contributed by atoms with Crippen LogP contribution in [-0.2, 0) is 29.7 Å². The van der Waals surface area contributed by atoms with E-state index in [1.807, 2.05) is 17.9 Å². The third-order valence-electron chi connectivity index (χ3n) is 11.9. The average Bonchev–Trinajstić information content (AvgIpc) is 3.90. The Labute approximate surface area is 347 Å². The summed E-state index contributed by atoms with van der Waals surface area (Å²) in [6.45, 7) is 7.90. The van der Waals surface area contributed by atoms with Crippen molar-refractivity contribution >= 4 is 56.6 Å². The molecule has 2 nitrogen and oxygen atoms in total. The van der Waals surface area contributed by atoms with Gasteiger partial charge in [-0.05, 0) is 12.5 Å². The van der Waals surface area contributed by atoms with Gasteiger partial charge in [-0.25, -0.2) is 0 Å². The van der Waals surface area contributed by atoms with Crippen molar-refractivity contribution in [2.75, 3.05) is 13.2 Å². The van der Waals surface area contributed by atoms with Crippen molar-refractivity contribution in [3.05, 3.63) is 196 Å². The quantitative estimate of drug-likeness (QED) is 0.139. The maximum atomic E-state index is 6.16. The second-order valence-corrected chi connectivity index (χ2v) is 19.1. The van der Waals surface area contributed by atoms with E-state index in [9.17, 15) is 0 Å². The summed E-state index contributed by atoms with van der Waals surface area (Å²) >= 11 is 1.85. The molecule has 7 aromatic rings. The molecule has 2 heterocycles. The van der Waals surface area contributed by atoms with Gasteiger partial charge in [-0.3, -0.25) is 0 Å². The molecular weight excluding hydrogens is 888 g/mol. The molecule has 57 heavy (non-hydrogen) atoms. The van der Waals surface area contributed by atoms with E-state index in [0.717, 1.165) is 6.42 Å². The van der Waals surface area contributed by atoms with E-state index < -0.39 is 7.26 Å². The van der Waals surface area contributed by atoms with Crippen molar-refractivity contribution in [3.63, 3.8) is 0 Å². The number of nitrogens with zero attached hydrogens (tertiary/aromatic N) is 1. The molecule has 281 valence electrons. The standard InChI is InChI=1S/C53H46NOP.Os/c1-6-17-38-25-27-45-47(29-38)36(3)48-32-51-46-28-26-39(31-52(46)54(5)53(51)33-50(45)48)49(30-41-35-55-34-40(41)18-7-2)37(4)56(42-19-11-8-12-20-42,43-21-13-9-14-22-43)44-23-15-10-16-24-44;/h6,8-33,36H,7,34-35H2,1-3,5H3;/q+1;/b17-6+,40-18?,41-30?,49-37?;. The van der Waals surface area contributed by atoms with Crippen LogP contribution in [0.4, 0.5) is 0 Å². The number of rotatable bonds is 8. The van der Waals surface area contributed by atoms with Crippen molar-refractivity contribution in [3.8, 4) is 15.5 Å². The normalized spacial score (nSPS) is 17.1. The van der Waals surface area contributed by atoms with Crippen molar-refractivity contribution < 1.29 is 22.7 Å². The van der Waals surface area contributed by atoms with E-state index in [4.69, 9.17) is 4.74 Å². The number of benzene rings is 6. The van der Waals surface area contributed by atoms with E-state index >= 15 is 0 Å². The van der Waals surface area contributed by atoms with E-state index in [1.54, 1.807) is 0 Å². The van der Waals surface area contributed by atoms with Crippen molar-refractivity contribution in [2.24, 2.45) is 7.05 Å². The maximum absolute atomic E-state index is 6.16. The molecule has 1 aliphatic carbocycles. The van der Waals surface area contributed by atoms with Gasteiger partial charge in [0.1, 0.15) is 0 Å². The molecule has 0 amide bonds. The van der Waals surface area contributed by atoms with E-state index in [2.05, 4.69) is 201 Å². The third-order valence-corrected chi connectivity index (χ3v) is 17.3. The van der Waals surface area contributed by atoms with Crippen LogP contribution in [0, 0.1) is 4.37 Å². The number of allylic oxidation sites excluding steroid dienone is 5. The zero-order valence-corrected chi connectivity index (χ0v) is 36.4. The molecule has 6 aromatic carbocycles. The van der Waals surface area contributed by atoms with Gasteiger partial charge in [0.05, 0.1) is 0 Å². The van der Waals surface area contributed by atoms with Gasteiger partial charge in [-0.2, -0.15) is 0 Å². The fraction of sp³-hybridized carbons (Fsp3) is 0.151. The Morgan fingerprint density at radius 2 is 1.35 bits per heavy atom. The SMILES string of the molecule is C/C=C/c1ccc2c(c1)C(C)c1cc3c4ccc(C(C=C5COCC5=CCC)=C([C]#[Os])[P+](c5ccccc5)(c5ccccc5)c5ccccc5)cc4n(C)c3cc1-2. The van der Waals surface area contributed by atoms with Gasteiger partial charge >= 0.3 is 312 Å². The molecule has 1 fully saturated rings.